The summed E-state index contributed by atoms with van der Waals surface area (Å²) in [7, 11) is 1.80. The molecular weight excluding hydrogens is 130 g/mol. The zero-order chi connectivity index (χ0) is 7.56. The molecule has 10 heavy (non-hydrogen) atoms. The monoisotopic (exact) mass is 141 g/mol. The van der Waals surface area contributed by atoms with Crippen molar-refractivity contribution < 1.29 is 0 Å². The lowest BCUT2D eigenvalue weighted by Crippen LogP contribution is -2.08. The molecule has 0 amide bonds. The molecular formula is C5H11N5. The Bertz CT molecular complexity index is 216. The zero-order valence-corrected chi connectivity index (χ0v) is 5.91. The quantitative estimate of drug-likeness (QED) is 0.538. The molecule has 0 atom stereocenters. The maximum absolute atomic E-state index is 5.42. The van der Waals surface area contributed by atoms with Crippen LogP contribution in [0.1, 0.15) is 11.4 Å². The molecule has 0 aromatic carbocycles. The Kier molecular flexibility index (Phi) is 1.98. The first kappa shape index (κ1) is 7.17. The Morgan fingerprint density at radius 1 is 1.40 bits per heavy atom. The van der Waals surface area contributed by atoms with E-state index in [4.69, 9.17) is 11.5 Å². The fourth-order valence-electron chi connectivity index (χ4n) is 0.828. The van der Waals surface area contributed by atoms with Gasteiger partial charge >= 0.3 is 0 Å². The molecule has 56 valence electrons. The molecule has 1 aromatic heterocycles. The van der Waals surface area contributed by atoms with Crippen molar-refractivity contribution in [1.82, 2.24) is 15.0 Å². The van der Waals surface area contributed by atoms with Crippen LogP contribution in [-0.4, -0.2) is 15.0 Å². The predicted octanol–water partition coefficient (Wildman–Crippen LogP) is -1.27. The van der Waals surface area contributed by atoms with Gasteiger partial charge in [0.2, 0.25) is 0 Å². The van der Waals surface area contributed by atoms with Crippen molar-refractivity contribution in [3.8, 4) is 0 Å². The van der Waals surface area contributed by atoms with Gasteiger partial charge in [0.05, 0.1) is 5.69 Å². The number of aromatic nitrogens is 3. The Morgan fingerprint density at radius 3 is 2.50 bits per heavy atom. The summed E-state index contributed by atoms with van der Waals surface area (Å²) in [6.45, 7) is 0.844. The van der Waals surface area contributed by atoms with Crippen LogP contribution in [0.25, 0.3) is 0 Å². The molecule has 0 radical (unpaired) electrons. The number of hydrogen-bond donors (Lipinski definition) is 2. The fraction of sp³-hybridized carbons (Fsp3) is 0.600. The Labute approximate surface area is 59.0 Å². The van der Waals surface area contributed by atoms with Crippen LogP contribution in [0.3, 0.4) is 0 Å². The zero-order valence-electron chi connectivity index (χ0n) is 5.91. The number of aryl methyl sites for hydroxylation is 1. The minimum absolute atomic E-state index is 0.403. The third-order valence-electron chi connectivity index (χ3n) is 1.41. The normalized spacial score (nSPS) is 10.3. The molecule has 1 rings (SSSR count). The summed E-state index contributed by atoms with van der Waals surface area (Å²) in [5.41, 5.74) is 12.5. The molecule has 1 heterocycles. The largest absolute Gasteiger partial charge is 0.325 e. The second-order valence-electron chi connectivity index (χ2n) is 2.01. The highest BCUT2D eigenvalue weighted by Gasteiger charge is 2.04. The second kappa shape index (κ2) is 2.76. The third kappa shape index (κ3) is 1.01. The van der Waals surface area contributed by atoms with Gasteiger partial charge in [0.1, 0.15) is 5.69 Å². The van der Waals surface area contributed by atoms with Crippen LogP contribution in [0.15, 0.2) is 0 Å². The second-order valence-corrected chi connectivity index (χ2v) is 2.01. The summed E-state index contributed by atoms with van der Waals surface area (Å²) in [5.74, 6) is 0. The van der Waals surface area contributed by atoms with E-state index in [1.54, 1.807) is 11.7 Å². The Morgan fingerprint density at radius 2 is 2.10 bits per heavy atom. The molecule has 0 saturated heterocycles. The van der Waals surface area contributed by atoms with Crippen LogP contribution in [-0.2, 0) is 20.1 Å². The van der Waals surface area contributed by atoms with E-state index >= 15 is 0 Å². The molecule has 4 N–H and O–H groups in total. The molecule has 5 heteroatoms. The van der Waals surface area contributed by atoms with E-state index in [0.29, 0.717) is 13.1 Å². The lowest BCUT2D eigenvalue weighted by Gasteiger charge is -1.96. The molecule has 0 bridgehead atoms. The molecule has 0 spiro atoms. The first-order valence-electron chi connectivity index (χ1n) is 3.07. The predicted molar refractivity (Wildman–Crippen MR) is 36.8 cm³/mol. The molecule has 0 aliphatic rings. The minimum atomic E-state index is 0.403. The van der Waals surface area contributed by atoms with Crippen LogP contribution in [0.2, 0.25) is 0 Å². The van der Waals surface area contributed by atoms with Crippen molar-refractivity contribution in [2.24, 2.45) is 18.5 Å². The van der Waals surface area contributed by atoms with Gasteiger partial charge in [-0.05, 0) is 0 Å². The van der Waals surface area contributed by atoms with Crippen molar-refractivity contribution in [3.63, 3.8) is 0 Å². The fourth-order valence-corrected chi connectivity index (χ4v) is 0.828. The van der Waals surface area contributed by atoms with Gasteiger partial charge in [-0.15, -0.1) is 5.10 Å². The van der Waals surface area contributed by atoms with Crippen LogP contribution in [0, 0.1) is 0 Å². The number of rotatable bonds is 2. The van der Waals surface area contributed by atoms with Gasteiger partial charge in [0.15, 0.2) is 0 Å². The van der Waals surface area contributed by atoms with Crippen molar-refractivity contribution in [1.29, 1.82) is 0 Å². The van der Waals surface area contributed by atoms with E-state index in [1.165, 1.54) is 0 Å². The third-order valence-corrected chi connectivity index (χ3v) is 1.41. The van der Waals surface area contributed by atoms with E-state index in [0.717, 1.165) is 11.4 Å². The first-order chi connectivity index (χ1) is 4.79. The maximum atomic E-state index is 5.42. The average Bonchev–Trinajstić information content (AvgIpc) is 2.30. The summed E-state index contributed by atoms with van der Waals surface area (Å²) in [4.78, 5) is 0. The topological polar surface area (TPSA) is 82.8 Å². The van der Waals surface area contributed by atoms with Crippen molar-refractivity contribution in [2.45, 2.75) is 13.1 Å². The highest BCUT2D eigenvalue weighted by Crippen LogP contribution is 1.99. The summed E-state index contributed by atoms with van der Waals surface area (Å²) in [6, 6.07) is 0. The van der Waals surface area contributed by atoms with Gasteiger partial charge in [0, 0.05) is 20.1 Å². The van der Waals surface area contributed by atoms with E-state index in [9.17, 15) is 0 Å². The lowest BCUT2D eigenvalue weighted by molar-refractivity contribution is 0.678. The smallest absolute Gasteiger partial charge is 0.101 e. The standard InChI is InChI=1S/C5H11N5/c1-10-5(3-7)4(2-6)8-9-10/h2-3,6-7H2,1H3. The van der Waals surface area contributed by atoms with Gasteiger partial charge in [-0.1, -0.05) is 5.21 Å². The molecule has 0 aliphatic carbocycles. The van der Waals surface area contributed by atoms with Gasteiger partial charge in [0.25, 0.3) is 0 Å². The summed E-state index contributed by atoms with van der Waals surface area (Å²) < 4.78 is 1.64. The molecule has 0 aliphatic heterocycles. The van der Waals surface area contributed by atoms with Crippen molar-refractivity contribution in [2.75, 3.05) is 0 Å². The number of nitrogens with two attached hydrogens (primary N) is 2. The Balaban J connectivity index is 3.01. The van der Waals surface area contributed by atoms with Crippen LogP contribution in [0.5, 0.6) is 0 Å². The van der Waals surface area contributed by atoms with E-state index in [1.807, 2.05) is 0 Å². The summed E-state index contributed by atoms with van der Waals surface area (Å²) >= 11 is 0. The summed E-state index contributed by atoms with van der Waals surface area (Å²) in [6.07, 6.45) is 0. The molecule has 1 aromatic rings. The first-order valence-corrected chi connectivity index (χ1v) is 3.07. The highest BCUT2D eigenvalue weighted by molar-refractivity contribution is 5.08. The van der Waals surface area contributed by atoms with E-state index in [-0.39, 0.29) is 0 Å². The van der Waals surface area contributed by atoms with Crippen LogP contribution < -0.4 is 11.5 Å². The maximum Gasteiger partial charge on any atom is 0.101 e. The van der Waals surface area contributed by atoms with Crippen molar-refractivity contribution >= 4 is 0 Å². The highest BCUT2D eigenvalue weighted by atomic mass is 15.4. The number of hydrogen-bond acceptors (Lipinski definition) is 4. The SMILES string of the molecule is Cn1nnc(CN)c1CN. The molecule has 0 fully saturated rings. The summed E-state index contributed by atoms with van der Waals surface area (Å²) in [5, 5.41) is 7.58. The lowest BCUT2D eigenvalue weighted by atomic mass is 10.3. The molecule has 5 nitrogen and oxygen atoms in total. The van der Waals surface area contributed by atoms with Gasteiger partial charge in [-0.3, -0.25) is 4.68 Å². The molecule has 0 saturated carbocycles. The van der Waals surface area contributed by atoms with E-state index in [2.05, 4.69) is 10.3 Å². The molecule has 0 unspecified atom stereocenters. The Hall–Kier alpha value is -0.940. The van der Waals surface area contributed by atoms with E-state index < -0.39 is 0 Å². The number of nitrogens with zero attached hydrogens (tertiary/aromatic N) is 3. The van der Waals surface area contributed by atoms with Crippen LogP contribution in [0.4, 0.5) is 0 Å². The van der Waals surface area contributed by atoms with Gasteiger partial charge in [-0.25, -0.2) is 0 Å². The van der Waals surface area contributed by atoms with Crippen molar-refractivity contribution in [3.05, 3.63) is 11.4 Å². The average molecular weight is 141 g/mol. The van der Waals surface area contributed by atoms with Gasteiger partial charge < -0.3 is 11.5 Å². The minimum Gasteiger partial charge on any atom is -0.325 e. The van der Waals surface area contributed by atoms with Gasteiger partial charge in [-0.2, -0.15) is 0 Å². The van der Waals surface area contributed by atoms with Crippen LogP contribution >= 0.6 is 0 Å².